The number of hydrogen-bond acceptors (Lipinski definition) is 6. The van der Waals surface area contributed by atoms with Gasteiger partial charge in [0, 0.05) is 5.41 Å². The van der Waals surface area contributed by atoms with Crippen molar-refractivity contribution >= 4 is 29.3 Å². The Morgan fingerprint density at radius 2 is 1.81 bits per heavy atom. The molecule has 4 fully saturated rings. The summed E-state index contributed by atoms with van der Waals surface area (Å²) in [6.07, 6.45) is 1.71. The molecule has 5 rings (SSSR count). The molecule has 0 aromatic heterocycles. The Labute approximate surface area is 187 Å². The molecule has 1 saturated carbocycles. The fourth-order valence-corrected chi connectivity index (χ4v) is 7.78. The topological polar surface area (TPSA) is 78.9 Å². The van der Waals surface area contributed by atoms with Crippen LogP contribution in [0, 0.1) is 22.7 Å². The molecule has 0 bridgehead atoms. The van der Waals surface area contributed by atoms with Crippen LogP contribution in [0.25, 0.3) is 0 Å². The Morgan fingerprint density at radius 1 is 1.13 bits per heavy atom. The van der Waals surface area contributed by atoms with Gasteiger partial charge in [-0.15, -0.1) is 11.6 Å². The third-order valence-corrected chi connectivity index (χ3v) is 9.62. The van der Waals surface area contributed by atoms with Gasteiger partial charge in [0.2, 0.25) is 6.29 Å². The van der Waals surface area contributed by atoms with E-state index in [1.54, 1.807) is 6.92 Å². The number of fused-ring (bicyclic) bond motifs is 3. The summed E-state index contributed by atoms with van der Waals surface area (Å²) in [4.78, 5) is 37.8. The van der Waals surface area contributed by atoms with Crippen LogP contribution in [0.5, 0.6) is 0 Å². The van der Waals surface area contributed by atoms with Gasteiger partial charge in [-0.1, -0.05) is 18.6 Å². The summed E-state index contributed by atoms with van der Waals surface area (Å²) in [6.45, 7) is 11.4. The van der Waals surface area contributed by atoms with Gasteiger partial charge >= 0.3 is 11.9 Å². The summed E-state index contributed by atoms with van der Waals surface area (Å²) in [7, 11) is 0. The third-order valence-electron chi connectivity index (χ3n) is 8.76. The Bertz CT molecular complexity index is 994. The molecule has 0 spiro atoms. The molecular formula is C24H29ClO6. The van der Waals surface area contributed by atoms with Crippen LogP contribution >= 0.6 is 11.6 Å². The number of esters is 2. The summed E-state index contributed by atoms with van der Waals surface area (Å²) in [6, 6.07) is 0. The second-order valence-electron chi connectivity index (χ2n) is 10.8. The molecule has 31 heavy (non-hydrogen) atoms. The maximum atomic E-state index is 13.7. The lowest BCUT2D eigenvalue weighted by atomic mass is 9.45. The van der Waals surface area contributed by atoms with E-state index in [2.05, 4.69) is 6.08 Å². The van der Waals surface area contributed by atoms with Gasteiger partial charge < -0.3 is 14.2 Å². The quantitative estimate of drug-likeness (QED) is 0.413. The van der Waals surface area contributed by atoms with E-state index in [4.69, 9.17) is 25.8 Å². The molecule has 2 aliphatic carbocycles. The van der Waals surface area contributed by atoms with Crippen molar-refractivity contribution in [3.05, 3.63) is 22.8 Å². The Morgan fingerprint density at radius 3 is 2.48 bits per heavy atom. The molecule has 5 aliphatic rings. The molecule has 0 radical (unpaired) electrons. The highest BCUT2D eigenvalue weighted by molar-refractivity contribution is 6.37. The van der Waals surface area contributed by atoms with Crippen molar-refractivity contribution in [2.45, 2.75) is 83.7 Å². The van der Waals surface area contributed by atoms with Crippen molar-refractivity contribution in [3.8, 4) is 0 Å². The number of cyclic esters (lactones) is 1. The number of ether oxygens (including phenoxy) is 3. The number of carbonyl (C=O) groups excluding carboxylic acids is 3. The first-order chi connectivity index (χ1) is 14.3. The van der Waals surface area contributed by atoms with Crippen molar-refractivity contribution in [3.63, 3.8) is 0 Å². The van der Waals surface area contributed by atoms with E-state index < -0.39 is 39.6 Å². The van der Waals surface area contributed by atoms with E-state index in [1.165, 1.54) is 0 Å². The van der Waals surface area contributed by atoms with Gasteiger partial charge in [0.25, 0.3) is 0 Å². The van der Waals surface area contributed by atoms with E-state index in [1.807, 2.05) is 34.6 Å². The molecule has 3 saturated heterocycles. The van der Waals surface area contributed by atoms with Crippen LogP contribution in [0.15, 0.2) is 22.8 Å². The normalized spacial score (nSPS) is 48.1. The van der Waals surface area contributed by atoms with E-state index in [-0.39, 0.29) is 30.1 Å². The molecule has 3 heterocycles. The summed E-state index contributed by atoms with van der Waals surface area (Å²) in [5, 5.41) is 0. The summed E-state index contributed by atoms with van der Waals surface area (Å²) < 4.78 is 17.1. The first-order valence-corrected chi connectivity index (χ1v) is 11.4. The Kier molecular flexibility index (Phi) is 4.11. The lowest BCUT2D eigenvalue weighted by Gasteiger charge is -2.61. The number of allylic oxidation sites excluding steroid dienone is 2. The first kappa shape index (κ1) is 21.2. The minimum Gasteiger partial charge on any atom is -0.455 e. The molecule has 0 unspecified atom stereocenters. The van der Waals surface area contributed by atoms with Crippen molar-refractivity contribution in [1.82, 2.24) is 0 Å². The second-order valence-corrected chi connectivity index (χ2v) is 11.4. The number of hydrogen-bond donors (Lipinski definition) is 0. The zero-order chi connectivity index (χ0) is 22.7. The monoisotopic (exact) mass is 448 g/mol. The number of rotatable bonds is 0. The smallest absolute Gasteiger partial charge is 0.314 e. The number of ketones is 1. The molecule has 0 amide bonds. The van der Waals surface area contributed by atoms with Gasteiger partial charge in [-0.25, -0.2) is 0 Å². The number of Topliss-reactive ketones (excluding diaryl/α,β-unsaturated/α-hetero) is 1. The van der Waals surface area contributed by atoms with Crippen LogP contribution in [0.1, 0.15) is 60.8 Å². The summed E-state index contributed by atoms with van der Waals surface area (Å²) in [5.74, 6) is -1.56. The van der Waals surface area contributed by atoms with Gasteiger partial charge in [0.15, 0.2) is 5.78 Å². The molecule has 0 N–H and O–H groups in total. The molecule has 7 heteroatoms. The standard InChI is InChI=1S/C24H29ClO6/c1-11-13-9-16(26)31-21(3,4)14(13)7-8-23(6)15(11)10-22(5)17-19(30-20(22)28)29-12(2)18(27)24(17,23)25/h7,12,15,17,19H,8-10H2,1-6H3/t12-,15+,17-,19+,22-,23+,24-/m1/s1. The van der Waals surface area contributed by atoms with Gasteiger partial charge in [-0.3, -0.25) is 14.4 Å². The zero-order valence-electron chi connectivity index (χ0n) is 18.8. The summed E-state index contributed by atoms with van der Waals surface area (Å²) >= 11 is 7.44. The highest BCUT2D eigenvalue weighted by atomic mass is 35.5. The van der Waals surface area contributed by atoms with Crippen LogP contribution in [0.3, 0.4) is 0 Å². The van der Waals surface area contributed by atoms with Crippen LogP contribution in [0.4, 0.5) is 0 Å². The molecule has 7 atom stereocenters. The molecule has 6 nitrogen and oxygen atoms in total. The Balaban J connectivity index is 1.77. The van der Waals surface area contributed by atoms with Crippen molar-refractivity contribution < 1.29 is 28.6 Å². The number of carbonyl (C=O) groups is 3. The maximum Gasteiger partial charge on any atom is 0.314 e. The largest absolute Gasteiger partial charge is 0.455 e. The first-order valence-electron chi connectivity index (χ1n) is 11.0. The zero-order valence-corrected chi connectivity index (χ0v) is 19.6. The molecule has 3 aliphatic heterocycles. The molecule has 0 aromatic rings. The van der Waals surface area contributed by atoms with Gasteiger partial charge in [-0.05, 0) is 64.5 Å². The molecule has 168 valence electrons. The van der Waals surface area contributed by atoms with E-state index >= 15 is 0 Å². The third kappa shape index (κ3) is 2.36. The minimum absolute atomic E-state index is 0.169. The average Bonchev–Trinajstić information content (AvgIpc) is 2.84. The fraction of sp³-hybridized carbons (Fsp3) is 0.708. The average molecular weight is 449 g/mol. The van der Waals surface area contributed by atoms with Crippen LogP contribution in [-0.4, -0.2) is 40.6 Å². The maximum absolute atomic E-state index is 13.7. The van der Waals surface area contributed by atoms with E-state index in [9.17, 15) is 14.4 Å². The van der Waals surface area contributed by atoms with Crippen LogP contribution < -0.4 is 0 Å². The van der Waals surface area contributed by atoms with Gasteiger partial charge in [0.1, 0.15) is 16.6 Å². The van der Waals surface area contributed by atoms with Crippen LogP contribution in [-0.2, 0) is 28.6 Å². The van der Waals surface area contributed by atoms with Crippen molar-refractivity contribution in [1.29, 1.82) is 0 Å². The minimum atomic E-state index is -1.33. The predicted octanol–water partition coefficient (Wildman–Crippen LogP) is 3.86. The molecule has 0 aromatic carbocycles. The van der Waals surface area contributed by atoms with Gasteiger partial charge in [-0.2, -0.15) is 0 Å². The fourth-order valence-electron chi connectivity index (χ4n) is 7.08. The SMILES string of the molecule is CC1=C2CC(=O)OC(C)(C)C2=CC[C@@]2(C)[C@H]1C[C@@]1(C)C(=O)O[C@@H]3O[C@H](C)C(=O)[C@]2(Cl)[C@H]31. The van der Waals surface area contributed by atoms with Crippen molar-refractivity contribution in [2.24, 2.45) is 22.7 Å². The van der Waals surface area contributed by atoms with Gasteiger partial charge in [0.05, 0.1) is 17.8 Å². The highest BCUT2D eigenvalue weighted by Crippen LogP contribution is 2.70. The number of halogens is 1. The second kappa shape index (κ2) is 6.02. The highest BCUT2D eigenvalue weighted by Gasteiger charge is 2.77. The molecular weight excluding hydrogens is 420 g/mol. The Hall–Kier alpha value is -1.66. The predicted molar refractivity (Wildman–Crippen MR) is 112 cm³/mol. The number of alkyl halides is 1. The van der Waals surface area contributed by atoms with E-state index in [0.29, 0.717) is 12.8 Å². The lowest BCUT2D eigenvalue weighted by Crippen LogP contribution is -2.70. The van der Waals surface area contributed by atoms with E-state index in [0.717, 1.165) is 16.7 Å². The van der Waals surface area contributed by atoms with Crippen LogP contribution in [0.2, 0.25) is 0 Å². The lowest BCUT2D eigenvalue weighted by molar-refractivity contribution is -0.212. The summed E-state index contributed by atoms with van der Waals surface area (Å²) in [5.41, 5.74) is 0.558. The van der Waals surface area contributed by atoms with Crippen molar-refractivity contribution in [2.75, 3.05) is 0 Å².